The average molecular weight is 592 g/mol. The van der Waals surface area contributed by atoms with Gasteiger partial charge < -0.3 is 0 Å². The molecule has 0 amide bonds. The summed E-state index contributed by atoms with van der Waals surface area (Å²) < 4.78 is 0. The maximum Gasteiger partial charge on any atom is 0.165 e. The number of hydrogen-bond acceptors (Lipinski definition) is 5. The molecule has 0 saturated carbocycles. The summed E-state index contributed by atoms with van der Waals surface area (Å²) in [5.41, 5.74) is 6.97. The van der Waals surface area contributed by atoms with Gasteiger partial charge in [0.1, 0.15) is 0 Å². The van der Waals surface area contributed by atoms with Crippen molar-refractivity contribution >= 4 is 22.3 Å². The minimum absolute atomic E-state index is 0.209. The van der Waals surface area contributed by atoms with Gasteiger partial charge >= 0.3 is 0 Å². The highest BCUT2D eigenvalue weighted by Gasteiger charge is 2.27. The van der Waals surface area contributed by atoms with Crippen LogP contribution >= 0.6 is 0 Å². The molecule has 0 radical (unpaired) electrons. The molecule has 5 nitrogen and oxygen atoms in total. The second-order valence-electron chi connectivity index (χ2n) is 11.3. The first-order valence-electron chi connectivity index (χ1n) is 15.5. The molecule has 46 heavy (non-hydrogen) atoms. The molecule has 0 spiro atoms. The Kier molecular flexibility index (Phi) is 7.25. The van der Waals surface area contributed by atoms with Gasteiger partial charge in [-0.25, -0.2) is 19.9 Å². The summed E-state index contributed by atoms with van der Waals surface area (Å²) in [5.74, 6) is 2.61. The van der Waals surface area contributed by atoms with E-state index in [0.717, 1.165) is 55.7 Å². The first kappa shape index (κ1) is 27.5. The van der Waals surface area contributed by atoms with Crippen molar-refractivity contribution < 1.29 is 0 Å². The second-order valence-corrected chi connectivity index (χ2v) is 11.3. The van der Waals surface area contributed by atoms with Gasteiger partial charge in [-0.05, 0) is 21.9 Å². The maximum atomic E-state index is 5.31. The number of hydrogen-bond donors (Lipinski definition) is 0. The molecule has 8 rings (SSSR count). The van der Waals surface area contributed by atoms with E-state index >= 15 is 0 Å². The fourth-order valence-corrected chi connectivity index (χ4v) is 6.03. The highest BCUT2D eigenvalue weighted by Crippen LogP contribution is 2.39. The lowest BCUT2D eigenvalue weighted by Crippen LogP contribution is -2.18. The molecule has 7 aromatic rings. The molecule has 6 aromatic carbocycles. The van der Waals surface area contributed by atoms with Gasteiger partial charge in [0, 0.05) is 28.7 Å². The van der Waals surface area contributed by atoms with E-state index in [-0.39, 0.29) is 6.04 Å². The predicted molar refractivity (Wildman–Crippen MR) is 187 cm³/mol. The van der Waals surface area contributed by atoms with Crippen molar-refractivity contribution in [3.8, 4) is 34.2 Å². The quantitative estimate of drug-likeness (QED) is 0.194. The molecule has 5 heteroatoms. The van der Waals surface area contributed by atoms with Crippen molar-refractivity contribution in [2.45, 2.75) is 12.5 Å². The molecular formula is C41H29N5. The van der Waals surface area contributed by atoms with Crippen molar-refractivity contribution in [2.75, 3.05) is 0 Å². The molecule has 1 unspecified atom stereocenters. The molecule has 2 heterocycles. The number of benzene rings is 6. The van der Waals surface area contributed by atoms with Crippen molar-refractivity contribution in [2.24, 2.45) is 9.98 Å². The summed E-state index contributed by atoms with van der Waals surface area (Å²) in [7, 11) is 0. The van der Waals surface area contributed by atoms with Crippen molar-refractivity contribution in [1.29, 1.82) is 0 Å². The zero-order chi connectivity index (χ0) is 30.7. The molecular weight excluding hydrogens is 562 g/mol. The molecule has 1 aromatic heterocycles. The number of amidine groups is 1. The van der Waals surface area contributed by atoms with Gasteiger partial charge in [-0.15, -0.1) is 0 Å². The third-order valence-electron chi connectivity index (χ3n) is 8.29. The molecule has 1 aliphatic rings. The van der Waals surface area contributed by atoms with E-state index in [9.17, 15) is 0 Å². The van der Waals surface area contributed by atoms with Crippen LogP contribution in [0.3, 0.4) is 0 Å². The van der Waals surface area contributed by atoms with Crippen LogP contribution in [0.5, 0.6) is 0 Å². The topological polar surface area (TPSA) is 63.4 Å². The summed E-state index contributed by atoms with van der Waals surface area (Å²) in [4.78, 5) is 25.7. The van der Waals surface area contributed by atoms with Crippen LogP contribution in [0.4, 0.5) is 0 Å². The normalized spacial score (nSPS) is 14.5. The van der Waals surface area contributed by atoms with Gasteiger partial charge in [0.25, 0.3) is 0 Å². The van der Waals surface area contributed by atoms with E-state index in [2.05, 4.69) is 72.8 Å². The molecule has 1 aliphatic heterocycles. The van der Waals surface area contributed by atoms with Crippen molar-refractivity contribution in [3.05, 3.63) is 174 Å². The number of aliphatic imine (C=N–C) groups is 2. The fourth-order valence-electron chi connectivity index (χ4n) is 6.03. The van der Waals surface area contributed by atoms with Gasteiger partial charge in [-0.3, -0.25) is 4.99 Å². The van der Waals surface area contributed by atoms with Crippen molar-refractivity contribution in [3.63, 3.8) is 0 Å². The van der Waals surface area contributed by atoms with E-state index in [1.807, 2.05) is 84.9 Å². The van der Waals surface area contributed by atoms with Crippen LogP contribution in [0.1, 0.15) is 29.2 Å². The Labute approximate surface area is 267 Å². The van der Waals surface area contributed by atoms with Gasteiger partial charge in [0.05, 0.1) is 11.8 Å². The van der Waals surface area contributed by atoms with E-state index < -0.39 is 0 Å². The van der Waals surface area contributed by atoms with Crippen LogP contribution in [-0.2, 0) is 0 Å². The maximum absolute atomic E-state index is 5.31. The Balaban J connectivity index is 1.37. The lowest BCUT2D eigenvalue weighted by Gasteiger charge is -2.24. The predicted octanol–water partition coefficient (Wildman–Crippen LogP) is 9.41. The first-order chi connectivity index (χ1) is 22.8. The highest BCUT2D eigenvalue weighted by molar-refractivity contribution is 6.14. The molecule has 1 atom stereocenters. The van der Waals surface area contributed by atoms with Crippen LogP contribution in [-0.4, -0.2) is 26.5 Å². The minimum atomic E-state index is -0.209. The Bertz CT molecular complexity index is 2150. The van der Waals surface area contributed by atoms with Crippen molar-refractivity contribution in [1.82, 2.24) is 15.0 Å². The van der Waals surface area contributed by atoms with Crippen LogP contribution in [0.15, 0.2) is 168 Å². The third-order valence-corrected chi connectivity index (χ3v) is 8.29. The lowest BCUT2D eigenvalue weighted by molar-refractivity contribution is 0.755. The third kappa shape index (κ3) is 5.39. The molecule has 0 bridgehead atoms. The van der Waals surface area contributed by atoms with E-state index in [1.54, 1.807) is 0 Å². The Morgan fingerprint density at radius 3 is 1.54 bits per heavy atom. The van der Waals surface area contributed by atoms with Crippen LogP contribution in [0.2, 0.25) is 0 Å². The summed E-state index contributed by atoms with van der Waals surface area (Å²) in [5, 5.41) is 2.19. The number of rotatable bonds is 6. The SMILES string of the molecule is c1ccc(C2=NC(c3ccccc3)=NC(c3ccc4ccccc4c3-c3nc(-c4ccccc4)nc(-c4ccccc4)n3)C2)cc1. The fraction of sp³-hybridized carbons (Fsp3) is 0.0488. The summed E-state index contributed by atoms with van der Waals surface area (Å²) >= 11 is 0. The summed E-state index contributed by atoms with van der Waals surface area (Å²) in [6, 6.07) is 53.4. The number of aromatic nitrogens is 3. The number of nitrogens with zero attached hydrogens (tertiary/aromatic N) is 5. The minimum Gasteiger partial charge on any atom is -0.258 e. The lowest BCUT2D eigenvalue weighted by atomic mass is 9.89. The van der Waals surface area contributed by atoms with E-state index in [4.69, 9.17) is 24.9 Å². The summed E-state index contributed by atoms with van der Waals surface area (Å²) in [6.07, 6.45) is 0.647. The average Bonchev–Trinajstić information content (AvgIpc) is 3.15. The van der Waals surface area contributed by atoms with Crippen LogP contribution in [0, 0.1) is 0 Å². The smallest absolute Gasteiger partial charge is 0.165 e. The highest BCUT2D eigenvalue weighted by atomic mass is 15.0. The van der Waals surface area contributed by atoms with E-state index in [0.29, 0.717) is 23.9 Å². The molecule has 0 saturated heterocycles. The molecule has 218 valence electrons. The van der Waals surface area contributed by atoms with Gasteiger partial charge in [-0.1, -0.05) is 158 Å². The molecule has 0 fully saturated rings. The van der Waals surface area contributed by atoms with E-state index in [1.165, 1.54) is 0 Å². The van der Waals surface area contributed by atoms with Crippen LogP contribution in [0.25, 0.3) is 44.9 Å². The Morgan fingerprint density at radius 2 is 0.935 bits per heavy atom. The monoisotopic (exact) mass is 591 g/mol. The largest absolute Gasteiger partial charge is 0.258 e. The standard InChI is InChI=1S/C41H29N5/c1-5-16-29(17-6-1)35-27-36(43-38(42-35)30-18-7-2-8-19-30)34-26-25-28-15-13-14-24-33(28)37(34)41-45-39(31-20-9-3-10-21-31)44-40(46-41)32-22-11-4-12-23-32/h1-26,36H,27H2. The zero-order valence-corrected chi connectivity index (χ0v) is 25.0. The summed E-state index contributed by atoms with van der Waals surface area (Å²) in [6.45, 7) is 0. The van der Waals surface area contributed by atoms with Gasteiger partial charge in [0.2, 0.25) is 0 Å². The number of fused-ring (bicyclic) bond motifs is 1. The Morgan fingerprint density at radius 1 is 0.435 bits per heavy atom. The van der Waals surface area contributed by atoms with Gasteiger partial charge in [0.15, 0.2) is 23.3 Å². The molecule has 0 N–H and O–H groups in total. The zero-order valence-electron chi connectivity index (χ0n) is 25.0. The Hall–Kier alpha value is -6.07. The van der Waals surface area contributed by atoms with Gasteiger partial charge in [-0.2, -0.15) is 0 Å². The van der Waals surface area contributed by atoms with Crippen LogP contribution < -0.4 is 0 Å². The molecule has 0 aliphatic carbocycles. The first-order valence-corrected chi connectivity index (χ1v) is 15.5. The second kappa shape index (κ2) is 12.1.